The highest BCUT2D eigenvalue weighted by molar-refractivity contribution is 5.74. The van der Waals surface area contributed by atoms with E-state index in [0.29, 0.717) is 5.95 Å². The van der Waals surface area contributed by atoms with Crippen molar-refractivity contribution in [2.45, 2.75) is 0 Å². The molecule has 0 spiro atoms. The molecule has 7 nitrogen and oxygen atoms in total. The second-order valence-electron chi connectivity index (χ2n) is 3.18. The second kappa shape index (κ2) is 5.06. The molecule has 17 heavy (non-hydrogen) atoms. The zero-order valence-electron chi connectivity index (χ0n) is 9.20. The Morgan fingerprint density at radius 3 is 2.88 bits per heavy atom. The summed E-state index contributed by atoms with van der Waals surface area (Å²) in [6.45, 7) is 0.0176. The van der Waals surface area contributed by atoms with Crippen LogP contribution in [0, 0.1) is 0 Å². The summed E-state index contributed by atoms with van der Waals surface area (Å²) in [6, 6.07) is 9.37. The minimum atomic E-state index is -0.382. The summed E-state index contributed by atoms with van der Waals surface area (Å²) >= 11 is 0. The number of tetrazole rings is 1. The van der Waals surface area contributed by atoms with Crippen molar-refractivity contribution in [1.29, 1.82) is 0 Å². The third-order valence-corrected chi connectivity index (χ3v) is 2.09. The van der Waals surface area contributed by atoms with Gasteiger partial charge < -0.3 is 10.1 Å². The van der Waals surface area contributed by atoms with Crippen LogP contribution in [0.2, 0.25) is 0 Å². The maximum Gasteiger partial charge on any atom is 0.325 e. The lowest BCUT2D eigenvalue weighted by Gasteiger charge is -2.05. The van der Waals surface area contributed by atoms with Crippen molar-refractivity contribution in [2.75, 3.05) is 19.0 Å². The van der Waals surface area contributed by atoms with Crippen LogP contribution in [0.15, 0.2) is 30.3 Å². The zero-order valence-corrected chi connectivity index (χ0v) is 9.20. The molecular formula is C10H11N5O2. The molecule has 0 saturated heterocycles. The Labute approximate surface area is 97.4 Å². The van der Waals surface area contributed by atoms with Crippen LogP contribution < -0.4 is 5.32 Å². The number of anilines is 1. The maximum absolute atomic E-state index is 11.0. The Morgan fingerprint density at radius 1 is 1.41 bits per heavy atom. The standard InChI is InChI=1S/C10H11N5O2/c1-17-9(16)7-11-10-12-13-14-15(10)8-5-3-2-4-6-8/h2-6H,7H2,1H3,(H,11,12,14). The molecule has 0 radical (unpaired) electrons. The molecular weight excluding hydrogens is 222 g/mol. The summed E-state index contributed by atoms with van der Waals surface area (Å²) in [5.41, 5.74) is 0.810. The normalized spacial score (nSPS) is 9.94. The number of ether oxygens (including phenoxy) is 1. The van der Waals surface area contributed by atoms with Gasteiger partial charge in [-0.15, -0.1) is 0 Å². The molecule has 0 aliphatic carbocycles. The van der Waals surface area contributed by atoms with Gasteiger partial charge in [0, 0.05) is 0 Å². The Balaban J connectivity index is 2.15. The number of methoxy groups -OCH3 is 1. The molecule has 88 valence electrons. The summed E-state index contributed by atoms with van der Waals surface area (Å²) in [5, 5.41) is 14.0. The first-order valence-corrected chi connectivity index (χ1v) is 4.96. The molecule has 0 fully saturated rings. The molecule has 2 aromatic rings. The van der Waals surface area contributed by atoms with Crippen molar-refractivity contribution in [1.82, 2.24) is 20.2 Å². The quantitative estimate of drug-likeness (QED) is 0.762. The molecule has 0 unspecified atom stereocenters. The van der Waals surface area contributed by atoms with E-state index in [2.05, 4.69) is 25.6 Å². The van der Waals surface area contributed by atoms with Gasteiger partial charge in [-0.05, 0) is 22.6 Å². The monoisotopic (exact) mass is 233 g/mol. The molecule has 0 atom stereocenters. The number of carbonyl (C=O) groups excluding carboxylic acids is 1. The van der Waals surface area contributed by atoms with Crippen LogP contribution in [-0.4, -0.2) is 39.8 Å². The Bertz CT molecular complexity index is 496. The highest BCUT2D eigenvalue weighted by atomic mass is 16.5. The predicted octanol–water partition coefficient (Wildman–Crippen LogP) is 0.247. The fraction of sp³-hybridized carbons (Fsp3) is 0.200. The van der Waals surface area contributed by atoms with Crippen LogP contribution in [0.3, 0.4) is 0 Å². The first-order chi connectivity index (χ1) is 8.31. The van der Waals surface area contributed by atoms with Gasteiger partial charge in [-0.3, -0.25) is 4.79 Å². The van der Waals surface area contributed by atoms with E-state index in [1.165, 1.54) is 11.8 Å². The van der Waals surface area contributed by atoms with Crippen molar-refractivity contribution in [2.24, 2.45) is 0 Å². The van der Waals surface area contributed by atoms with Crippen molar-refractivity contribution in [3.8, 4) is 5.69 Å². The fourth-order valence-corrected chi connectivity index (χ4v) is 1.26. The van der Waals surface area contributed by atoms with Gasteiger partial charge in [0.2, 0.25) is 5.95 Å². The van der Waals surface area contributed by atoms with Crippen molar-refractivity contribution < 1.29 is 9.53 Å². The van der Waals surface area contributed by atoms with E-state index in [4.69, 9.17) is 0 Å². The highest BCUT2D eigenvalue weighted by Gasteiger charge is 2.08. The number of carbonyl (C=O) groups is 1. The number of para-hydroxylation sites is 1. The van der Waals surface area contributed by atoms with E-state index in [-0.39, 0.29) is 12.5 Å². The van der Waals surface area contributed by atoms with E-state index in [9.17, 15) is 4.79 Å². The first-order valence-electron chi connectivity index (χ1n) is 4.96. The van der Waals surface area contributed by atoms with Crippen LogP contribution in [-0.2, 0) is 9.53 Å². The van der Waals surface area contributed by atoms with Crippen molar-refractivity contribution in [3.63, 3.8) is 0 Å². The molecule has 7 heteroatoms. The summed E-state index contributed by atoms with van der Waals surface area (Å²) in [5.74, 6) is 0.00853. The topological polar surface area (TPSA) is 81.9 Å². The highest BCUT2D eigenvalue weighted by Crippen LogP contribution is 2.09. The van der Waals surface area contributed by atoms with E-state index >= 15 is 0 Å². The van der Waals surface area contributed by atoms with Gasteiger partial charge >= 0.3 is 5.97 Å². The van der Waals surface area contributed by atoms with E-state index in [0.717, 1.165) is 5.69 Å². The largest absolute Gasteiger partial charge is 0.468 e. The van der Waals surface area contributed by atoms with Crippen LogP contribution in [0.5, 0.6) is 0 Å². The van der Waals surface area contributed by atoms with Gasteiger partial charge in [0.1, 0.15) is 6.54 Å². The summed E-state index contributed by atoms with van der Waals surface area (Å²) in [4.78, 5) is 11.0. The molecule has 0 bridgehead atoms. The number of hydrogen-bond acceptors (Lipinski definition) is 6. The predicted molar refractivity (Wildman–Crippen MR) is 59.7 cm³/mol. The Kier molecular flexibility index (Phi) is 3.29. The summed E-state index contributed by atoms with van der Waals surface area (Å²) < 4.78 is 6.02. The third kappa shape index (κ3) is 2.57. The van der Waals surface area contributed by atoms with Crippen LogP contribution >= 0.6 is 0 Å². The molecule has 1 N–H and O–H groups in total. The number of esters is 1. The number of rotatable bonds is 4. The average molecular weight is 233 g/mol. The molecule has 0 aliphatic rings. The van der Waals surface area contributed by atoms with Gasteiger partial charge in [0.25, 0.3) is 0 Å². The maximum atomic E-state index is 11.0. The van der Waals surface area contributed by atoms with Gasteiger partial charge in [-0.25, -0.2) is 0 Å². The number of benzene rings is 1. The molecule has 1 aromatic carbocycles. The van der Waals surface area contributed by atoms with Crippen LogP contribution in [0.1, 0.15) is 0 Å². The van der Waals surface area contributed by atoms with E-state index < -0.39 is 0 Å². The molecule has 2 rings (SSSR count). The Hall–Kier alpha value is -2.44. The van der Waals surface area contributed by atoms with Gasteiger partial charge in [0.05, 0.1) is 12.8 Å². The molecule has 1 heterocycles. The van der Waals surface area contributed by atoms with E-state index in [1.54, 1.807) is 0 Å². The van der Waals surface area contributed by atoms with Gasteiger partial charge in [-0.2, -0.15) is 4.68 Å². The van der Waals surface area contributed by atoms with Gasteiger partial charge in [-0.1, -0.05) is 23.3 Å². The van der Waals surface area contributed by atoms with Crippen LogP contribution in [0.25, 0.3) is 5.69 Å². The first kappa shape index (κ1) is 11.1. The Morgan fingerprint density at radius 2 is 2.18 bits per heavy atom. The summed E-state index contributed by atoms with van der Waals surface area (Å²) in [6.07, 6.45) is 0. The van der Waals surface area contributed by atoms with Crippen LogP contribution in [0.4, 0.5) is 5.95 Å². The lowest BCUT2D eigenvalue weighted by atomic mass is 10.3. The lowest BCUT2D eigenvalue weighted by Crippen LogP contribution is -2.17. The third-order valence-electron chi connectivity index (χ3n) is 2.09. The SMILES string of the molecule is COC(=O)CNc1nnnn1-c1ccccc1. The van der Waals surface area contributed by atoms with Crippen molar-refractivity contribution >= 4 is 11.9 Å². The number of nitrogens with one attached hydrogen (secondary N) is 1. The fourth-order valence-electron chi connectivity index (χ4n) is 1.26. The molecule has 1 aromatic heterocycles. The minimum absolute atomic E-state index is 0.0176. The lowest BCUT2D eigenvalue weighted by molar-refractivity contribution is -0.138. The second-order valence-corrected chi connectivity index (χ2v) is 3.18. The minimum Gasteiger partial charge on any atom is -0.468 e. The smallest absolute Gasteiger partial charge is 0.325 e. The molecule has 0 saturated carbocycles. The van der Waals surface area contributed by atoms with Gasteiger partial charge in [0.15, 0.2) is 0 Å². The van der Waals surface area contributed by atoms with Crippen molar-refractivity contribution in [3.05, 3.63) is 30.3 Å². The van der Waals surface area contributed by atoms with E-state index in [1.807, 2.05) is 30.3 Å². The number of hydrogen-bond donors (Lipinski definition) is 1. The molecule has 0 aliphatic heterocycles. The average Bonchev–Trinajstić information content (AvgIpc) is 2.85. The summed E-state index contributed by atoms with van der Waals surface area (Å²) in [7, 11) is 1.32. The zero-order chi connectivity index (χ0) is 12.1. The number of nitrogens with zero attached hydrogens (tertiary/aromatic N) is 4. The number of aromatic nitrogens is 4. The molecule has 0 amide bonds.